The van der Waals surface area contributed by atoms with Crippen molar-refractivity contribution in [2.24, 2.45) is 5.92 Å². The number of ether oxygens (including phenoxy) is 1. The molecule has 0 unspecified atom stereocenters. The van der Waals surface area contributed by atoms with Crippen LogP contribution >= 0.6 is 15.9 Å². The largest absolute Gasteiger partial charge is 0.375 e. The molecule has 32 heavy (non-hydrogen) atoms. The highest BCUT2D eigenvalue weighted by Crippen LogP contribution is 2.51. The molecule has 2 aliphatic heterocycles. The average Bonchev–Trinajstić information content (AvgIpc) is 2.78. The maximum absolute atomic E-state index is 14.9. The minimum Gasteiger partial charge on any atom is -0.375 e. The molecule has 1 saturated heterocycles. The minimum atomic E-state index is -3.36. The van der Waals surface area contributed by atoms with Crippen molar-refractivity contribution in [3.63, 3.8) is 0 Å². The molecule has 0 radical (unpaired) electrons. The Morgan fingerprint density at radius 2 is 2.00 bits per heavy atom. The summed E-state index contributed by atoms with van der Waals surface area (Å²) in [7, 11) is -1.56. The highest BCUT2D eigenvalue weighted by atomic mass is 79.9. The summed E-state index contributed by atoms with van der Waals surface area (Å²) >= 11 is 3.40. The van der Waals surface area contributed by atoms with E-state index in [-0.39, 0.29) is 42.3 Å². The molecule has 6 nitrogen and oxygen atoms in total. The van der Waals surface area contributed by atoms with E-state index < -0.39 is 10.0 Å². The Hall–Kier alpha value is -1.52. The second kappa shape index (κ2) is 10.2. The van der Waals surface area contributed by atoms with Gasteiger partial charge in [-0.05, 0) is 50.6 Å². The lowest BCUT2D eigenvalue weighted by Crippen LogP contribution is -2.43. The Labute approximate surface area is 197 Å². The van der Waals surface area contributed by atoms with Gasteiger partial charge in [0.15, 0.2) is 0 Å². The highest BCUT2D eigenvalue weighted by molar-refractivity contribution is 9.10. The van der Waals surface area contributed by atoms with Gasteiger partial charge in [0.2, 0.25) is 10.0 Å². The molecule has 174 valence electrons. The lowest BCUT2D eigenvalue weighted by molar-refractivity contribution is -0.0901. The van der Waals surface area contributed by atoms with Crippen molar-refractivity contribution in [1.82, 2.24) is 10.0 Å². The Bertz CT molecular complexity index is 1040. The van der Waals surface area contributed by atoms with Gasteiger partial charge in [0.05, 0.1) is 29.7 Å². The Kier molecular flexibility index (Phi) is 7.51. The van der Waals surface area contributed by atoms with Gasteiger partial charge in [0.1, 0.15) is 5.82 Å². The van der Waals surface area contributed by atoms with E-state index in [0.717, 1.165) is 24.0 Å². The summed E-state index contributed by atoms with van der Waals surface area (Å²) in [4.78, 5) is 0. The first-order chi connectivity index (χ1) is 15.4. The Morgan fingerprint density at radius 1 is 1.22 bits per heavy atom. The zero-order valence-electron chi connectivity index (χ0n) is 18.0. The van der Waals surface area contributed by atoms with E-state index in [2.05, 4.69) is 31.3 Å². The van der Waals surface area contributed by atoms with E-state index >= 15 is 0 Å². The molecule has 4 atom stereocenters. The molecule has 0 amide bonds. The van der Waals surface area contributed by atoms with E-state index in [9.17, 15) is 12.8 Å². The smallest absolute Gasteiger partial charge is 0.211 e. The third-order valence-electron chi connectivity index (χ3n) is 6.20. The van der Waals surface area contributed by atoms with E-state index in [1.54, 1.807) is 7.05 Å². The van der Waals surface area contributed by atoms with Crippen molar-refractivity contribution in [1.29, 1.82) is 0 Å². The van der Waals surface area contributed by atoms with E-state index in [0.29, 0.717) is 23.1 Å². The standard InChI is InChI=1S/C23H29BrFN3O3S/c1-26-10-5-11-32(29,30)27-14-17-8-9-18-21(15-6-3-2-4-7-15)28-22-19(23(18)31-17)12-16(24)13-20(22)25/h2-4,6-7,12-13,17-18,21,23,26-28H,5,8-11,14H2,1H3/t17-,18+,21+,23+/m1/s1. The minimum absolute atomic E-state index is 0.0770. The fourth-order valence-corrected chi connectivity index (χ4v) is 6.21. The summed E-state index contributed by atoms with van der Waals surface area (Å²) in [5.74, 6) is -0.139. The van der Waals surface area contributed by atoms with Gasteiger partial charge in [-0.1, -0.05) is 46.3 Å². The van der Waals surface area contributed by atoms with Crippen LogP contribution in [0.15, 0.2) is 46.9 Å². The monoisotopic (exact) mass is 525 g/mol. The van der Waals surface area contributed by atoms with Crippen molar-refractivity contribution < 1.29 is 17.5 Å². The first kappa shape index (κ1) is 23.6. The number of anilines is 1. The normalized spacial score (nSPS) is 25.0. The molecule has 0 aromatic heterocycles. The summed E-state index contributed by atoms with van der Waals surface area (Å²) < 4.78 is 49.3. The molecule has 9 heteroatoms. The predicted molar refractivity (Wildman–Crippen MR) is 128 cm³/mol. The number of sulfonamides is 1. The van der Waals surface area contributed by atoms with Crippen molar-refractivity contribution in [3.8, 4) is 0 Å². The van der Waals surface area contributed by atoms with E-state index in [4.69, 9.17) is 4.74 Å². The number of fused-ring (bicyclic) bond motifs is 3. The second-order valence-corrected chi connectivity index (χ2v) is 11.3. The van der Waals surface area contributed by atoms with Crippen LogP contribution in [-0.4, -0.2) is 40.4 Å². The van der Waals surface area contributed by atoms with Crippen molar-refractivity contribution in [3.05, 3.63) is 63.9 Å². The van der Waals surface area contributed by atoms with Crippen LogP contribution in [0, 0.1) is 11.7 Å². The number of nitrogens with one attached hydrogen (secondary N) is 3. The van der Waals surface area contributed by atoms with Gasteiger partial charge in [-0.3, -0.25) is 0 Å². The van der Waals surface area contributed by atoms with E-state index in [1.165, 1.54) is 6.07 Å². The van der Waals surface area contributed by atoms with Gasteiger partial charge in [-0.25, -0.2) is 17.5 Å². The zero-order chi connectivity index (χ0) is 22.7. The fraction of sp³-hybridized carbons (Fsp3) is 0.478. The molecule has 2 aromatic carbocycles. The molecule has 2 aliphatic rings. The second-order valence-electron chi connectivity index (χ2n) is 8.43. The van der Waals surface area contributed by atoms with Crippen LogP contribution in [0.2, 0.25) is 0 Å². The predicted octanol–water partition coefficient (Wildman–Crippen LogP) is 4.12. The average molecular weight is 526 g/mol. The number of hydrogen-bond donors (Lipinski definition) is 3. The van der Waals surface area contributed by atoms with Gasteiger partial charge in [0.25, 0.3) is 0 Å². The SMILES string of the molecule is CNCCCS(=O)(=O)NC[C@H]1CC[C@@H]2[C@H](O1)c1cc(Br)cc(F)c1N[C@H]2c1ccccc1. The lowest BCUT2D eigenvalue weighted by atomic mass is 9.76. The molecule has 0 spiro atoms. The first-order valence-corrected chi connectivity index (χ1v) is 13.4. The Morgan fingerprint density at radius 3 is 2.75 bits per heavy atom. The van der Waals surface area contributed by atoms with Crippen LogP contribution in [0.25, 0.3) is 0 Å². The molecule has 0 bridgehead atoms. The third-order valence-corrected chi connectivity index (χ3v) is 8.09. The summed E-state index contributed by atoms with van der Waals surface area (Å²) in [5, 5.41) is 6.37. The number of rotatable bonds is 8. The molecule has 2 aromatic rings. The molecule has 2 heterocycles. The molecular formula is C23H29BrFN3O3S. The molecule has 0 aliphatic carbocycles. The van der Waals surface area contributed by atoms with E-state index in [1.807, 2.05) is 36.4 Å². The fourth-order valence-electron chi connectivity index (χ4n) is 4.66. The van der Waals surface area contributed by atoms with Gasteiger partial charge >= 0.3 is 0 Å². The Balaban J connectivity index is 1.54. The van der Waals surface area contributed by atoms with Gasteiger partial charge < -0.3 is 15.4 Å². The first-order valence-electron chi connectivity index (χ1n) is 11.0. The molecule has 0 saturated carbocycles. The van der Waals surface area contributed by atoms with Crippen molar-refractivity contribution >= 4 is 31.6 Å². The third kappa shape index (κ3) is 5.34. The van der Waals surface area contributed by atoms with Crippen LogP contribution in [0.3, 0.4) is 0 Å². The van der Waals surface area contributed by atoms with Crippen LogP contribution in [0.4, 0.5) is 10.1 Å². The quantitative estimate of drug-likeness (QED) is 0.451. The molecular weight excluding hydrogens is 497 g/mol. The number of hydrogen-bond acceptors (Lipinski definition) is 5. The van der Waals surface area contributed by atoms with Gasteiger partial charge in [0, 0.05) is 22.5 Å². The maximum atomic E-state index is 14.9. The summed E-state index contributed by atoms with van der Waals surface area (Å²) in [6.07, 6.45) is 1.54. The van der Waals surface area contributed by atoms with Crippen molar-refractivity contribution in [2.75, 3.05) is 31.2 Å². The molecule has 3 N–H and O–H groups in total. The van der Waals surface area contributed by atoms with Crippen LogP contribution in [0.5, 0.6) is 0 Å². The summed E-state index contributed by atoms with van der Waals surface area (Å²) in [6.45, 7) is 0.871. The summed E-state index contributed by atoms with van der Waals surface area (Å²) in [6, 6.07) is 13.3. The van der Waals surface area contributed by atoms with Gasteiger partial charge in [-0.15, -0.1) is 0 Å². The highest BCUT2D eigenvalue weighted by Gasteiger charge is 2.43. The topological polar surface area (TPSA) is 79.5 Å². The number of halogens is 2. The molecule has 4 rings (SSSR count). The molecule has 1 fully saturated rings. The van der Waals surface area contributed by atoms with Crippen LogP contribution in [0.1, 0.15) is 42.5 Å². The maximum Gasteiger partial charge on any atom is 0.211 e. The number of benzene rings is 2. The van der Waals surface area contributed by atoms with Crippen LogP contribution < -0.4 is 15.4 Å². The van der Waals surface area contributed by atoms with Crippen LogP contribution in [-0.2, 0) is 14.8 Å². The summed E-state index contributed by atoms with van der Waals surface area (Å²) in [5.41, 5.74) is 2.31. The zero-order valence-corrected chi connectivity index (χ0v) is 20.4. The lowest BCUT2D eigenvalue weighted by Gasteiger charge is -2.45. The van der Waals surface area contributed by atoms with Crippen molar-refractivity contribution in [2.45, 2.75) is 37.5 Å². The van der Waals surface area contributed by atoms with Gasteiger partial charge in [-0.2, -0.15) is 0 Å².